The Labute approximate surface area is 568 Å². The third-order valence-corrected chi connectivity index (χ3v) is 19.7. The average molecular weight is 1370 g/mol. The average Bonchev–Trinajstić information content (AvgIpc) is 3.52. The van der Waals surface area contributed by atoms with E-state index in [0.717, 1.165) is 114 Å². The van der Waals surface area contributed by atoms with Crippen LogP contribution in [0.3, 0.4) is 0 Å². The zero-order chi connectivity index (χ0) is 68.9. The van der Waals surface area contributed by atoms with E-state index >= 15 is 0 Å². The highest BCUT2D eigenvalue weighted by Gasteiger charge is 2.30. The number of phosphoric acid groups is 2. The van der Waals surface area contributed by atoms with Crippen molar-refractivity contribution in [1.82, 2.24) is 0 Å². The normalized spacial score (nSPS) is 14.8. The number of hydrogen-bond donors (Lipinski definition) is 3. The highest BCUT2D eigenvalue weighted by atomic mass is 31.2. The third-order valence-electron chi connectivity index (χ3n) is 17.8. The molecule has 0 heterocycles. The number of ether oxygens (including phenoxy) is 4. The number of carbonyl (C=O) groups excluding carboxylic acids is 4. The molecule has 0 bridgehead atoms. The summed E-state index contributed by atoms with van der Waals surface area (Å²) in [5.41, 5.74) is 0. The summed E-state index contributed by atoms with van der Waals surface area (Å²) in [7, 11) is -9.91. The van der Waals surface area contributed by atoms with Crippen LogP contribution in [0.15, 0.2) is 0 Å². The van der Waals surface area contributed by atoms with Crippen molar-refractivity contribution in [2.75, 3.05) is 39.6 Å². The first kappa shape index (κ1) is 91.1. The molecule has 19 heteroatoms. The van der Waals surface area contributed by atoms with Crippen LogP contribution in [0.2, 0.25) is 0 Å². The summed E-state index contributed by atoms with van der Waals surface area (Å²) in [6.45, 7) is 14.1. The van der Waals surface area contributed by atoms with Crippen LogP contribution in [0.4, 0.5) is 0 Å². The van der Waals surface area contributed by atoms with Gasteiger partial charge in [-0.05, 0) is 49.4 Å². The number of carbonyl (C=O) groups is 4. The molecule has 0 aliphatic carbocycles. The van der Waals surface area contributed by atoms with Gasteiger partial charge in [0.05, 0.1) is 26.4 Å². The number of esters is 4. The lowest BCUT2D eigenvalue weighted by Gasteiger charge is -2.21. The van der Waals surface area contributed by atoms with E-state index in [-0.39, 0.29) is 25.7 Å². The quantitative estimate of drug-likeness (QED) is 0.0222. The van der Waals surface area contributed by atoms with Crippen molar-refractivity contribution in [2.45, 2.75) is 388 Å². The maximum atomic E-state index is 13.1. The largest absolute Gasteiger partial charge is 0.472 e. The predicted octanol–water partition coefficient (Wildman–Crippen LogP) is 21.3. The first-order valence-electron chi connectivity index (χ1n) is 38.3. The molecule has 3 N–H and O–H groups in total. The van der Waals surface area contributed by atoms with Crippen LogP contribution < -0.4 is 0 Å². The number of unbranched alkanes of at least 4 members (excludes halogenated alkanes) is 35. The fourth-order valence-electron chi connectivity index (χ4n) is 11.1. The van der Waals surface area contributed by atoms with E-state index in [2.05, 4.69) is 55.4 Å². The molecule has 0 radical (unpaired) electrons. The Hall–Kier alpha value is -1.94. The monoisotopic (exact) mass is 1370 g/mol. The molecule has 0 saturated heterocycles. The lowest BCUT2D eigenvalue weighted by Crippen LogP contribution is -2.30. The van der Waals surface area contributed by atoms with Crippen molar-refractivity contribution in [1.29, 1.82) is 0 Å². The fraction of sp³-hybridized carbons (Fsp3) is 0.946. The molecule has 0 aromatic rings. The molecule has 17 nitrogen and oxygen atoms in total. The highest BCUT2D eigenvalue weighted by molar-refractivity contribution is 7.47. The maximum absolute atomic E-state index is 13.1. The summed E-state index contributed by atoms with van der Waals surface area (Å²) >= 11 is 0. The van der Waals surface area contributed by atoms with Gasteiger partial charge in [-0.15, -0.1) is 0 Å². The van der Waals surface area contributed by atoms with Crippen LogP contribution in [0.5, 0.6) is 0 Å². The van der Waals surface area contributed by atoms with Crippen LogP contribution in [0, 0.1) is 23.7 Å². The minimum Gasteiger partial charge on any atom is -0.462 e. The second kappa shape index (κ2) is 63.5. The number of aliphatic hydroxyl groups is 1. The molecule has 0 spiro atoms. The van der Waals surface area contributed by atoms with Gasteiger partial charge in [-0.25, -0.2) is 9.13 Å². The van der Waals surface area contributed by atoms with E-state index in [0.29, 0.717) is 31.6 Å². The number of rotatable bonds is 71. The van der Waals surface area contributed by atoms with Crippen LogP contribution in [0.1, 0.15) is 370 Å². The molecule has 7 atom stereocenters. The molecule has 0 aromatic carbocycles. The van der Waals surface area contributed by atoms with Crippen molar-refractivity contribution >= 4 is 39.5 Å². The Morgan fingerprint density at radius 3 is 0.763 bits per heavy atom. The van der Waals surface area contributed by atoms with E-state index in [4.69, 9.17) is 37.0 Å². The van der Waals surface area contributed by atoms with Gasteiger partial charge < -0.3 is 33.8 Å². The zero-order valence-electron chi connectivity index (χ0n) is 60.9. The van der Waals surface area contributed by atoms with Crippen LogP contribution in [-0.2, 0) is 65.4 Å². The van der Waals surface area contributed by atoms with Gasteiger partial charge in [0.1, 0.15) is 19.3 Å². The molecule has 0 aliphatic rings. The van der Waals surface area contributed by atoms with E-state index < -0.39 is 97.5 Å². The summed E-state index contributed by atoms with van der Waals surface area (Å²) in [5.74, 6) is 0.893. The summed E-state index contributed by atoms with van der Waals surface area (Å²) in [6, 6.07) is 0. The lowest BCUT2D eigenvalue weighted by molar-refractivity contribution is -0.161. The molecule has 0 aliphatic heterocycles. The summed E-state index contributed by atoms with van der Waals surface area (Å²) in [5, 5.41) is 10.6. The minimum atomic E-state index is -4.96. The van der Waals surface area contributed by atoms with E-state index in [1.54, 1.807) is 0 Å². The molecular formula is C74H144O17P2. The van der Waals surface area contributed by atoms with Crippen molar-refractivity contribution in [2.24, 2.45) is 23.7 Å². The first-order chi connectivity index (χ1) is 44.7. The Balaban J connectivity index is 5.16. The summed E-state index contributed by atoms with van der Waals surface area (Å²) < 4.78 is 68.3. The van der Waals surface area contributed by atoms with Gasteiger partial charge in [-0.1, -0.05) is 319 Å². The standard InChI is InChI=1S/C74H144O17P2/c1-9-66(7)52-44-36-28-21-19-17-15-13-11-12-14-16-18-20-22-30-40-48-56-73(78)90-69(60-84-71(76)54-46-38-29-24-23-26-34-42-50-64(3)4)62-88-92(80,81)86-58-68(75)59-87-93(82,83)89-63-70(91-74(79)57-49-41-33-32-37-45-53-67(8)10-2)61-85-72(77)55-47-39-31-25-27-35-43-51-65(5)6/h64-70,75H,9-63H2,1-8H3,(H,80,81)(H,82,83)/t66?,67?,68?,69-,70-/m1/s1. The lowest BCUT2D eigenvalue weighted by atomic mass is 9.99. The predicted molar refractivity (Wildman–Crippen MR) is 377 cm³/mol. The topological polar surface area (TPSA) is 237 Å². The third kappa shape index (κ3) is 65.8. The van der Waals surface area contributed by atoms with Crippen LogP contribution >= 0.6 is 15.6 Å². The smallest absolute Gasteiger partial charge is 0.462 e. The second-order valence-electron chi connectivity index (χ2n) is 28.1. The van der Waals surface area contributed by atoms with E-state index in [9.17, 15) is 43.2 Å². The Morgan fingerprint density at radius 2 is 0.516 bits per heavy atom. The molecule has 0 saturated carbocycles. The minimum absolute atomic E-state index is 0.102. The molecule has 0 amide bonds. The van der Waals surface area contributed by atoms with Crippen molar-refractivity contribution < 1.29 is 80.2 Å². The highest BCUT2D eigenvalue weighted by Crippen LogP contribution is 2.45. The van der Waals surface area contributed by atoms with Gasteiger partial charge in [0.15, 0.2) is 12.2 Å². The van der Waals surface area contributed by atoms with Crippen molar-refractivity contribution in [3.8, 4) is 0 Å². The number of phosphoric ester groups is 2. The Morgan fingerprint density at radius 1 is 0.301 bits per heavy atom. The maximum Gasteiger partial charge on any atom is 0.472 e. The summed E-state index contributed by atoms with van der Waals surface area (Å²) in [4.78, 5) is 72.6. The molecule has 0 aromatic heterocycles. The Kier molecular flexibility index (Phi) is 62.2. The molecule has 552 valence electrons. The Bertz CT molecular complexity index is 1840. The van der Waals surface area contributed by atoms with Crippen LogP contribution in [-0.4, -0.2) is 96.7 Å². The van der Waals surface area contributed by atoms with Gasteiger partial charge in [0, 0.05) is 25.7 Å². The van der Waals surface area contributed by atoms with Gasteiger partial charge in [0.25, 0.3) is 0 Å². The van der Waals surface area contributed by atoms with Crippen molar-refractivity contribution in [3.05, 3.63) is 0 Å². The number of aliphatic hydroxyl groups excluding tert-OH is 1. The first-order valence-corrected chi connectivity index (χ1v) is 41.3. The van der Waals surface area contributed by atoms with Gasteiger partial charge in [-0.3, -0.25) is 37.3 Å². The molecule has 93 heavy (non-hydrogen) atoms. The second-order valence-corrected chi connectivity index (χ2v) is 31.0. The van der Waals surface area contributed by atoms with Gasteiger partial charge in [-0.2, -0.15) is 0 Å². The number of hydrogen-bond acceptors (Lipinski definition) is 15. The summed E-state index contributed by atoms with van der Waals surface area (Å²) in [6.07, 6.45) is 47.5. The molecule has 0 fully saturated rings. The van der Waals surface area contributed by atoms with Gasteiger partial charge in [0.2, 0.25) is 0 Å². The molecular weight excluding hydrogens is 1220 g/mol. The van der Waals surface area contributed by atoms with Crippen molar-refractivity contribution in [3.63, 3.8) is 0 Å². The molecule has 0 rings (SSSR count). The fourth-order valence-corrected chi connectivity index (χ4v) is 12.7. The zero-order valence-corrected chi connectivity index (χ0v) is 62.7. The van der Waals surface area contributed by atoms with Crippen LogP contribution in [0.25, 0.3) is 0 Å². The molecule has 5 unspecified atom stereocenters. The van der Waals surface area contributed by atoms with E-state index in [1.807, 2.05) is 0 Å². The SMILES string of the molecule is CCC(C)CCCCCCCCCCCCCCCCCCCCC(=O)O[C@H](COC(=O)CCCCCCCCCCC(C)C)COP(=O)(O)OCC(O)COP(=O)(O)OC[C@@H](COC(=O)CCCCCCCCCC(C)C)OC(=O)CCCCCCCCC(C)CC. The van der Waals surface area contributed by atoms with Gasteiger partial charge >= 0.3 is 39.5 Å². The van der Waals surface area contributed by atoms with E-state index in [1.165, 1.54) is 167 Å².